The molecule has 0 radical (unpaired) electrons. The minimum absolute atomic E-state index is 0.516. The van der Waals surface area contributed by atoms with Crippen LogP contribution in [0.25, 0.3) is 0 Å². The van der Waals surface area contributed by atoms with Gasteiger partial charge in [-0.25, -0.2) is 0 Å². The van der Waals surface area contributed by atoms with Crippen molar-refractivity contribution >= 4 is 5.69 Å². The maximum absolute atomic E-state index is 3.52. The van der Waals surface area contributed by atoms with E-state index in [2.05, 4.69) is 75.2 Å². The molecule has 0 aliphatic rings. The van der Waals surface area contributed by atoms with Gasteiger partial charge in [0.05, 0.1) is 0 Å². The van der Waals surface area contributed by atoms with Gasteiger partial charge in [0.1, 0.15) is 0 Å². The van der Waals surface area contributed by atoms with Crippen molar-refractivity contribution in [1.82, 2.24) is 10.2 Å². The van der Waals surface area contributed by atoms with Crippen LogP contribution in [0.5, 0.6) is 0 Å². The number of anilines is 1. The van der Waals surface area contributed by atoms with Crippen LogP contribution in [-0.4, -0.2) is 45.2 Å². The van der Waals surface area contributed by atoms with E-state index in [9.17, 15) is 0 Å². The largest absolute Gasteiger partial charge is 0.374 e. The summed E-state index contributed by atoms with van der Waals surface area (Å²) in [5.74, 6) is 0. The second-order valence-electron chi connectivity index (χ2n) is 6.25. The van der Waals surface area contributed by atoms with Crippen LogP contribution in [0.3, 0.4) is 0 Å². The average Bonchev–Trinajstić information content (AvgIpc) is 2.35. The molecule has 0 saturated heterocycles. The van der Waals surface area contributed by atoms with E-state index in [1.54, 1.807) is 0 Å². The molecular formula is C17H31N3. The summed E-state index contributed by atoms with van der Waals surface area (Å²) in [5, 5.41) is 3.52. The standard InChI is InChI=1S/C17H31N3/c1-14(2)18-13-16-12-15(3)8-9-17(16)20(6)11-7-10-19(4)5/h8-9,12,14,18H,7,10-11,13H2,1-6H3. The fourth-order valence-corrected chi connectivity index (χ4v) is 2.29. The summed E-state index contributed by atoms with van der Waals surface area (Å²) in [6, 6.07) is 7.27. The molecule has 3 heteroatoms. The molecule has 1 aromatic carbocycles. The highest BCUT2D eigenvalue weighted by Crippen LogP contribution is 2.21. The van der Waals surface area contributed by atoms with Gasteiger partial charge >= 0.3 is 0 Å². The number of rotatable bonds is 8. The van der Waals surface area contributed by atoms with Gasteiger partial charge in [-0.1, -0.05) is 31.5 Å². The first-order chi connectivity index (χ1) is 9.40. The lowest BCUT2D eigenvalue weighted by atomic mass is 10.1. The average molecular weight is 277 g/mol. The monoisotopic (exact) mass is 277 g/mol. The third-order valence-electron chi connectivity index (χ3n) is 3.45. The van der Waals surface area contributed by atoms with Crippen LogP contribution in [0.15, 0.2) is 18.2 Å². The van der Waals surface area contributed by atoms with Crippen molar-refractivity contribution in [3.05, 3.63) is 29.3 Å². The molecule has 1 aromatic rings. The summed E-state index contributed by atoms with van der Waals surface area (Å²) in [7, 11) is 6.45. The fraction of sp³-hybridized carbons (Fsp3) is 0.647. The van der Waals surface area contributed by atoms with Gasteiger partial charge in [0.2, 0.25) is 0 Å². The van der Waals surface area contributed by atoms with E-state index in [0.29, 0.717) is 6.04 Å². The van der Waals surface area contributed by atoms with Crippen molar-refractivity contribution in [1.29, 1.82) is 0 Å². The number of benzene rings is 1. The Labute approximate surface area is 125 Å². The molecular weight excluding hydrogens is 246 g/mol. The van der Waals surface area contributed by atoms with Crippen molar-refractivity contribution in [2.45, 2.75) is 39.8 Å². The lowest BCUT2D eigenvalue weighted by Gasteiger charge is -2.24. The van der Waals surface area contributed by atoms with E-state index in [1.807, 2.05) is 0 Å². The van der Waals surface area contributed by atoms with E-state index in [1.165, 1.54) is 23.2 Å². The molecule has 20 heavy (non-hydrogen) atoms. The Bertz CT molecular complexity index is 399. The Morgan fingerprint density at radius 1 is 1.10 bits per heavy atom. The molecule has 0 spiro atoms. The third-order valence-corrected chi connectivity index (χ3v) is 3.45. The lowest BCUT2D eigenvalue weighted by Crippen LogP contribution is -2.26. The zero-order valence-electron chi connectivity index (χ0n) is 14.0. The topological polar surface area (TPSA) is 18.5 Å². The number of nitrogens with one attached hydrogen (secondary N) is 1. The molecule has 0 bridgehead atoms. The number of aryl methyl sites for hydroxylation is 1. The normalized spacial score (nSPS) is 11.4. The minimum Gasteiger partial charge on any atom is -0.374 e. The first kappa shape index (κ1) is 17.0. The van der Waals surface area contributed by atoms with Crippen molar-refractivity contribution in [3.8, 4) is 0 Å². The van der Waals surface area contributed by atoms with Crippen molar-refractivity contribution in [2.75, 3.05) is 39.1 Å². The molecule has 0 heterocycles. The molecule has 0 unspecified atom stereocenters. The SMILES string of the molecule is Cc1ccc(N(C)CCCN(C)C)c(CNC(C)C)c1. The molecule has 114 valence electrons. The number of hydrogen-bond acceptors (Lipinski definition) is 3. The number of hydrogen-bond donors (Lipinski definition) is 1. The van der Waals surface area contributed by atoms with Crippen molar-refractivity contribution < 1.29 is 0 Å². The van der Waals surface area contributed by atoms with Gasteiger partial charge in [0, 0.05) is 31.9 Å². The summed E-state index contributed by atoms with van der Waals surface area (Å²) in [5.41, 5.74) is 4.07. The van der Waals surface area contributed by atoms with Crippen LogP contribution in [0.2, 0.25) is 0 Å². The first-order valence-corrected chi connectivity index (χ1v) is 7.59. The molecule has 0 atom stereocenters. The summed E-state index contributed by atoms with van der Waals surface area (Å²) in [6.07, 6.45) is 1.19. The highest BCUT2D eigenvalue weighted by atomic mass is 15.1. The second-order valence-corrected chi connectivity index (χ2v) is 6.25. The molecule has 0 aliphatic heterocycles. The molecule has 0 aromatic heterocycles. The summed E-state index contributed by atoms with van der Waals surface area (Å²) in [6.45, 7) is 9.71. The van der Waals surface area contributed by atoms with Crippen LogP contribution in [0.4, 0.5) is 5.69 Å². The van der Waals surface area contributed by atoms with Gasteiger partial charge in [0.15, 0.2) is 0 Å². The Balaban J connectivity index is 2.71. The molecule has 0 aliphatic carbocycles. The van der Waals surface area contributed by atoms with Gasteiger partial charge in [-0.3, -0.25) is 0 Å². The van der Waals surface area contributed by atoms with Crippen LogP contribution in [0.1, 0.15) is 31.4 Å². The van der Waals surface area contributed by atoms with Crippen molar-refractivity contribution in [3.63, 3.8) is 0 Å². The zero-order chi connectivity index (χ0) is 15.1. The predicted octanol–water partition coefficient (Wildman–Crippen LogP) is 2.88. The third kappa shape index (κ3) is 5.93. The Morgan fingerprint density at radius 3 is 2.40 bits per heavy atom. The smallest absolute Gasteiger partial charge is 0.0409 e. The van der Waals surface area contributed by atoms with Gasteiger partial charge in [-0.2, -0.15) is 0 Å². The van der Waals surface area contributed by atoms with Gasteiger partial charge in [-0.05, 0) is 45.6 Å². The molecule has 1 rings (SSSR count). The van der Waals surface area contributed by atoms with Crippen LogP contribution < -0.4 is 10.2 Å². The minimum atomic E-state index is 0.516. The van der Waals surface area contributed by atoms with Gasteiger partial charge in [0.25, 0.3) is 0 Å². The molecule has 1 N–H and O–H groups in total. The van der Waals surface area contributed by atoms with E-state index >= 15 is 0 Å². The quantitative estimate of drug-likeness (QED) is 0.788. The zero-order valence-corrected chi connectivity index (χ0v) is 14.0. The molecule has 0 fully saturated rings. The van der Waals surface area contributed by atoms with Crippen molar-refractivity contribution in [2.24, 2.45) is 0 Å². The maximum atomic E-state index is 3.52. The summed E-state index contributed by atoms with van der Waals surface area (Å²) in [4.78, 5) is 4.62. The van der Waals surface area contributed by atoms with Gasteiger partial charge in [-0.15, -0.1) is 0 Å². The highest BCUT2D eigenvalue weighted by Gasteiger charge is 2.08. The Kier molecular flexibility index (Phi) is 7.03. The van der Waals surface area contributed by atoms with E-state index < -0.39 is 0 Å². The second kappa shape index (κ2) is 8.28. The molecule has 0 saturated carbocycles. The Morgan fingerprint density at radius 2 is 1.80 bits per heavy atom. The molecule has 3 nitrogen and oxygen atoms in total. The maximum Gasteiger partial charge on any atom is 0.0409 e. The lowest BCUT2D eigenvalue weighted by molar-refractivity contribution is 0.401. The fourth-order valence-electron chi connectivity index (χ4n) is 2.29. The summed E-state index contributed by atoms with van der Waals surface area (Å²) < 4.78 is 0. The van der Waals surface area contributed by atoms with E-state index in [4.69, 9.17) is 0 Å². The summed E-state index contributed by atoms with van der Waals surface area (Å²) >= 11 is 0. The van der Waals surface area contributed by atoms with E-state index in [-0.39, 0.29) is 0 Å². The predicted molar refractivity (Wildman–Crippen MR) is 89.6 cm³/mol. The van der Waals surface area contributed by atoms with Crippen LogP contribution >= 0.6 is 0 Å². The van der Waals surface area contributed by atoms with Gasteiger partial charge < -0.3 is 15.1 Å². The van der Waals surface area contributed by atoms with Crippen LogP contribution in [0, 0.1) is 6.92 Å². The van der Waals surface area contributed by atoms with Crippen LogP contribution in [-0.2, 0) is 6.54 Å². The Hall–Kier alpha value is -1.06. The highest BCUT2D eigenvalue weighted by molar-refractivity contribution is 5.54. The number of nitrogens with zero attached hydrogens (tertiary/aromatic N) is 2. The van der Waals surface area contributed by atoms with E-state index in [0.717, 1.165) is 19.6 Å². The first-order valence-electron chi connectivity index (χ1n) is 7.59. The molecule has 0 amide bonds.